The van der Waals surface area contributed by atoms with Crippen LogP contribution < -0.4 is 16.0 Å². The summed E-state index contributed by atoms with van der Waals surface area (Å²) in [6.45, 7) is 0.111. The van der Waals surface area contributed by atoms with E-state index in [1.165, 1.54) is 0 Å². The highest BCUT2D eigenvalue weighted by molar-refractivity contribution is 7.90. The van der Waals surface area contributed by atoms with Gasteiger partial charge in [-0.15, -0.1) is 0 Å². The smallest absolute Gasteiger partial charge is 0.383 e. The summed E-state index contributed by atoms with van der Waals surface area (Å²) in [5, 5.41) is 15.8. The Labute approximate surface area is 175 Å². The number of alkyl halides is 4. The molecule has 1 aliphatic rings. The van der Waals surface area contributed by atoms with Crippen LogP contribution in [-0.4, -0.2) is 55.4 Å². The highest BCUT2D eigenvalue weighted by Crippen LogP contribution is 2.37. The third-order valence-electron chi connectivity index (χ3n) is 4.41. The molecule has 4 N–H and O–H groups in total. The van der Waals surface area contributed by atoms with Crippen LogP contribution in [0.25, 0.3) is 0 Å². The summed E-state index contributed by atoms with van der Waals surface area (Å²) >= 11 is 0. The minimum Gasteiger partial charge on any atom is -0.383 e. The first-order valence-corrected chi connectivity index (χ1v) is 11.2. The maximum atomic E-state index is 13.2. The van der Waals surface area contributed by atoms with Crippen molar-refractivity contribution >= 4 is 39.2 Å². The minimum absolute atomic E-state index is 0.100. The van der Waals surface area contributed by atoms with Crippen LogP contribution in [0.5, 0.6) is 0 Å². The Morgan fingerprint density at radius 1 is 1.29 bits per heavy atom. The molecule has 8 nitrogen and oxygen atoms in total. The molecule has 2 aromatic rings. The van der Waals surface area contributed by atoms with Crippen molar-refractivity contribution in [2.45, 2.75) is 24.8 Å². The van der Waals surface area contributed by atoms with Gasteiger partial charge in [0, 0.05) is 42.9 Å². The molecule has 0 saturated heterocycles. The van der Waals surface area contributed by atoms with E-state index < -0.39 is 39.6 Å². The van der Waals surface area contributed by atoms with Crippen LogP contribution in [0.15, 0.2) is 24.4 Å². The number of hydrogen-bond donors (Lipinski definition) is 4. The van der Waals surface area contributed by atoms with Crippen LogP contribution >= 0.6 is 0 Å². The molecule has 1 fully saturated rings. The topological polar surface area (TPSA) is 120 Å². The molecule has 168 valence electrons. The number of halogens is 4. The first kappa shape index (κ1) is 22.7. The van der Waals surface area contributed by atoms with Crippen LogP contribution in [0.3, 0.4) is 0 Å². The molecule has 1 aromatic heterocycles. The van der Waals surface area contributed by atoms with E-state index in [1.54, 1.807) is 18.2 Å². The van der Waals surface area contributed by atoms with Crippen molar-refractivity contribution in [1.29, 1.82) is 5.41 Å². The third-order valence-corrected chi connectivity index (χ3v) is 5.36. The largest absolute Gasteiger partial charge is 0.421 e. The number of sulfone groups is 1. The highest BCUT2D eigenvalue weighted by atomic mass is 32.2. The lowest BCUT2D eigenvalue weighted by atomic mass is 10.1. The number of aromatic nitrogens is 2. The summed E-state index contributed by atoms with van der Waals surface area (Å²) < 4.78 is 75.5. The fraction of sp³-hybridized carbons (Fsp3) is 0.389. The Kier molecular flexibility index (Phi) is 6.34. The zero-order chi connectivity index (χ0) is 22.8. The summed E-state index contributed by atoms with van der Waals surface area (Å²) in [7, 11) is -3.18. The molecule has 1 aliphatic carbocycles. The maximum Gasteiger partial charge on any atom is 0.421 e. The molecule has 0 unspecified atom stereocenters. The van der Waals surface area contributed by atoms with Gasteiger partial charge >= 0.3 is 6.18 Å². The standard InChI is InChI=1S/C18H20F4N6O2S/c1-31(29,30)6-5-24-13-3-2-4-14(10(13)8-23)27-17-25-9-11(18(20,21)22)16(28-17)26-15-7-12(15)19/h2-4,8-9,12,15,23-24H,5-7H2,1H3,(H2,25,26,27,28)/t12-,15+/m1/s1. The minimum atomic E-state index is -4.72. The number of rotatable bonds is 9. The molecule has 1 heterocycles. The average molecular weight is 460 g/mol. The van der Waals surface area contributed by atoms with E-state index >= 15 is 0 Å². The fourth-order valence-corrected chi connectivity index (χ4v) is 3.20. The van der Waals surface area contributed by atoms with Gasteiger partial charge in [-0.3, -0.25) is 0 Å². The second-order valence-electron chi connectivity index (χ2n) is 7.05. The Morgan fingerprint density at radius 3 is 2.55 bits per heavy atom. The van der Waals surface area contributed by atoms with Gasteiger partial charge in [0.2, 0.25) is 5.95 Å². The molecule has 0 amide bonds. The predicted octanol–water partition coefficient (Wildman–Crippen LogP) is 3.22. The van der Waals surface area contributed by atoms with Crippen LogP contribution in [0, 0.1) is 5.41 Å². The molecule has 2 atom stereocenters. The second-order valence-corrected chi connectivity index (χ2v) is 9.31. The van der Waals surface area contributed by atoms with E-state index in [1.807, 2.05) is 0 Å². The van der Waals surface area contributed by atoms with Crippen molar-refractivity contribution in [3.8, 4) is 0 Å². The Morgan fingerprint density at radius 2 is 1.97 bits per heavy atom. The molecule has 1 aromatic carbocycles. The van der Waals surface area contributed by atoms with E-state index in [9.17, 15) is 26.0 Å². The third kappa shape index (κ3) is 6.03. The Balaban J connectivity index is 1.85. The lowest BCUT2D eigenvalue weighted by Gasteiger charge is -2.16. The van der Waals surface area contributed by atoms with Gasteiger partial charge in [-0.1, -0.05) is 6.07 Å². The molecule has 0 aliphatic heterocycles. The molecular formula is C18H20F4N6O2S. The SMILES string of the molecule is CS(=O)(=O)CCNc1cccc(Nc2ncc(C(F)(F)F)c(N[C@H]3C[C@H]3F)n2)c1C=N. The van der Waals surface area contributed by atoms with Gasteiger partial charge in [-0.25, -0.2) is 17.8 Å². The molecule has 31 heavy (non-hydrogen) atoms. The highest BCUT2D eigenvalue weighted by Gasteiger charge is 2.41. The van der Waals surface area contributed by atoms with Crippen molar-refractivity contribution in [3.63, 3.8) is 0 Å². The number of nitrogens with zero attached hydrogens (tertiary/aromatic N) is 2. The Hall–Kier alpha value is -2.96. The quantitative estimate of drug-likeness (QED) is 0.335. The summed E-state index contributed by atoms with van der Waals surface area (Å²) in [5.74, 6) is -0.826. The van der Waals surface area contributed by atoms with E-state index in [4.69, 9.17) is 5.41 Å². The zero-order valence-corrected chi connectivity index (χ0v) is 17.1. The number of anilines is 4. The lowest BCUT2D eigenvalue weighted by Crippen LogP contribution is -2.17. The van der Waals surface area contributed by atoms with Gasteiger partial charge in [0.1, 0.15) is 27.4 Å². The maximum absolute atomic E-state index is 13.2. The van der Waals surface area contributed by atoms with Crippen LogP contribution in [0.2, 0.25) is 0 Å². The zero-order valence-electron chi connectivity index (χ0n) is 16.3. The second kappa shape index (κ2) is 8.65. The van der Waals surface area contributed by atoms with Crippen molar-refractivity contribution in [1.82, 2.24) is 9.97 Å². The van der Waals surface area contributed by atoms with Crippen molar-refractivity contribution < 1.29 is 26.0 Å². The van der Waals surface area contributed by atoms with Gasteiger partial charge in [0.05, 0.1) is 17.5 Å². The molecule has 0 bridgehead atoms. The average Bonchev–Trinajstić information content (AvgIpc) is 3.34. The lowest BCUT2D eigenvalue weighted by molar-refractivity contribution is -0.137. The first-order valence-electron chi connectivity index (χ1n) is 9.15. The monoisotopic (exact) mass is 460 g/mol. The summed E-state index contributed by atoms with van der Waals surface area (Å²) in [4.78, 5) is 7.55. The number of hydrogen-bond acceptors (Lipinski definition) is 8. The van der Waals surface area contributed by atoms with Crippen LogP contribution in [-0.2, 0) is 16.0 Å². The summed E-state index contributed by atoms with van der Waals surface area (Å²) in [5.41, 5.74) is -0.00680. The van der Waals surface area contributed by atoms with Crippen molar-refractivity contribution in [2.75, 3.05) is 34.5 Å². The van der Waals surface area contributed by atoms with E-state index in [0.717, 1.165) is 12.5 Å². The fourth-order valence-electron chi connectivity index (χ4n) is 2.72. The molecule has 13 heteroatoms. The molecule has 1 saturated carbocycles. The Bertz CT molecular complexity index is 1080. The molecule has 0 spiro atoms. The molecular weight excluding hydrogens is 440 g/mol. The molecule has 3 rings (SSSR count). The van der Waals surface area contributed by atoms with E-state index in [-0.39, 0.29) is 24.7 Å². The predicted molar refractivity (Wildman–Crippen MR) is 110 cm³/mol. The van der Waals surface area contributed by atoms with Gasteiger partial charge in [0.25, 0.3) is 0 Å². The van der Waals surface area contributed by atoms with Crippen molar-refractivity contribution in [2.24, 2.45) is 0 Å². The van der Waals surface area contributed by atoms with Crippen LogP contribution in [0.1, 0.15) is 17.5 Å². The normalized spacial score (nSPS) is 18.4. The van der Waals surface area contributed by atoms with E-state index in [0.29, 0.717) is 23.1 Å². The van der Waals surface area contributed by atoms with E-state index in [2.05, 4.69) is 25.9 Å². The molecule has 0 radical (unpaired) electrons. The summed E-state index contributed by atoms with van der Waals surface area (Å²) in [6, 6.07) is 4.07. The van der Waals surface area contributed by atoms with Gasteiger partial charge in [-0.05, 0) is 12.1 Å². The number of benzene rings is 1. The van der Waals surface area contributed by atoms with Crippen LogP contribution in [0.4, 0.5) is 40.7 Å². The number of nitrogens with one attached hydrogen (secondary N) is 4. The first-order chi connectivity index (χ1) is 14.5. The van der Waals surface area contributed by atoms with Crippen molar-refractivity contribution in [3.05, 3.63) is 35.5 Å². The summed E-state index contributed by atoms with van der Waals surface area (Å²) in [6.07, 6.45) is -3.14. The van der Waals surface area contributed by atoms with Gasteiger partial charge < -0.3 is 21.4 Å². The van der Waals surface area contributed by atoms with Gasteiger partial charge in [-0.2, -0.15) is 18.2 Å². The van der Waals surface area contributed by atoms with Gasteiger partial charge in [0.15, 0.2) is 0 Å².